The van der Waals surface area contributed by atoms with E-state index in [0.29, 0.717) is 10.4 Å². The van der Waals surface area contributed by atoms with E-state index in [-0.39, 0.29) is 17.9 Å². The summed E-state index contributed by atoms with van der Waals surface area (Å²) < 4.78 is 64.9. The average molecular weight is 443 g/mol. The van der Waals surface area contributed by atoms with Crippen LogP contribution in [0.5, 0.6) is 0 Å². The predicted octanol–water partition coefficient (Wildman–Crippen LogP) is 3.43. The highest BCUT2D eigenvalue weighted by atomic mass is 32.2. The van der Waals surface area contributed by atoms with Crippen LogP contribution in [0.3, 0.4) is 0 Å². The number of carbonyl (C=O) groups excluding carboxylic acids is 1. The number of amides is 1. The number of hydrogen-bond donors (Lipinski definition) is 1. The number of carbonyl (C=O) groups is 1. The average Bonchev–Trinajstić information content (AvgIpc) is 2.67. The summed E-state index contributed by atoms with van der Waals surface area (Å²) >= 11 is 0. The number of sulfonamides is 1. The van der Waals surface area contributed by atoms with Gasteiger partial charge in [-0.2, -0.15) is 17.5 Å². The second kappa shape index (κ2) is 9.05. The molecule has 2 aromatic carbocycles. The van der Waals surface area contributed by atoms with Gasteiger partial charge in [0.05, 0.1) is 21.9 Å². The number of halogens is 3. The van der Waals surface area contributed by atoms with Crippen molar-refractivity contribution < 1.29 is 31.3 Å². The monoisotopic (exact) mass is 443 g/mol. The minimum Gasteiger partial charge on any atom is -0.325 e. The van der Waals surface area contributed by atoms with Crippen molar-refractivity contribution in [2.45, 2.75) is 11.1 Å². The maximum Gasteiger partial charge on any atom is 0.416 e. The second-order valence-electron chi connectivity index (χ2n) is 5.97. The molecule has 0 fully saturated rings. The van der Waals surface area contributed by atoms with Gasteiger partial charge in [0.1, 0.15) is 0 Å². The first kappa shape index (κ1) is 23.0. The van der Waals surface area contributed by atoms with E-state index in [9.17, 15) is 36.5 Å². The van der Waals surface area contributed by atoms with Crippen molar-refractivity contribution >= 4 is 27.3 Å². The molecule has 0 radical (unpaired) electrons. The van der Waals surface area contributed by atoms with E-state index >= 15 is 0 Å². The Morgan fingerprint density at radius 3 is 2.47 bits per heavy atom. The molecule has 2 aromatic rings. The van der Waals surface area contributed by atoms with Gasteiger partial charge in [-0.1, -0.05) is 18.2 Å². The van der Waals surface area contributed by atoms with Crippen molar-refractivity contribution in [3.63, 3.8) is 0 Å². The number of benzene rings is 2. The number of nitrogens with one attached hydrogen (secondary N) is 1. The van der Waals surface area contributed by atoms with Crippen LogP contribution in [0.4, 0.5) is 24.5 Å². The van der Waals surface area contributed by atoms with Crippen molar-refractivity contribution in [2.24, 2.45) is 0 Å². The Balaban J connectivity index is 2.26. The molecule has 0 aliphatic rings. The molecule has 0 bridgehead atoms. The highest BCUT2D eigenvalue weighted by molar-refractivity contribution is 7.89. The summed E-state index contributed by atoms with van der Waals surface area (Å²) in [5.41, 5.74) is -1.38. The number of rotatable bonds is 8. The predicted molar refractivity (Wildman–Crippen MR) is 102 cm³/mol. The standard InChI is InChI=1S/C18H16F3N3O5S/c1-2-9-23(12-17(25)22-14-6-4-7-15(11-14)24(26)27)30(28,29)16-8-3-5-13(10-16)18(19,20)21/h2-8,10-11H,1,9,12H2,(H,22,25). The summed E-state index contributed by atoms with van der Waals surface area (Å²) in [4.78, 5) is 21.8. The number of nitro benzene ring substituents is 1. The molecule has 1 amide bonds. The third-order valence-electron chi connectivity index (χ3n) is 3.79. The normalized spacial score (nSPS) is 11.9. The molecule has 0 heterocycles. The lowest BCUT2D eigenvalue weighted by atomic mass is 10.2. The SMILES string of the molecule is C=CCN(CC(=O)Nc1cccc([N+](=O)[O-])c1)S(=O)(=O)c1cccc(C(F)(F)F)c1. The van der Waals surface area contributed by atoms with Gasteiger partial charge in [0.25, 0.3) is 5.69 Å². The molecule has 0 saturated carbocycles. The van der Waals surface area contributed by atoms with Gasteiger partial charge in [0.15, 0.2) is 0 Å². The van der Waals surface area contributed by atoms with Gasteiger partial charge < -0.3 is 5.32 Å². The first-order chi connectivity index (χ1) is 13.9. The van der Waals surface area contributed by atoms with E-state index in [1.54, 1.807) is 0 Å². The lowest BCUT2D eigenvalue weighted by Crippen LogP contribution is -2.38. The molecule has 8 nitrogen and oxygen atoms in total. The fraction of sp³-hybridized carbons (Fsp3) is 0.167. The van der Waals surface area contributed by atoms with Gasteiger partial charge in [-0.05, 0) is 24.3 Å². The molecule has 30 heavy (non-hydrogen) atoms. The van der Waals surface area contributed by atoms with E-state index in [0.717, 1.165) is 24.3 Å². The van der Waals surface area contributed by atoms with Crippen LogP contribution >= 0.6 is 0 Å². The molecule has 1 N–H and O–H groups in total. The zero-order valence-electron chi connectivity index (χ0n) is 15.3. The fourth-order valence-corrected chi connectivity index (χ4v) is 3.84. The summed E-state index contributed by atoms with van der Waals surface area (Å²) in [6, 6.07) is 8.12. The Kier molecular flexibility index (Phi) is 6.95. The van der Waals surface area contributed by atoms with Crippen LogP contribution < -0.4 is 5.32 Å². The van der Waals surface area contributed by atoms with Crippen molar-refractivity contribution in [3.05, 3.63) is 76.9 Å². The fourth-order valence-electron chi connectivity index (χ4n) is 2.43. The zero-order valence-corrected chi connectivity index (χ0v) is 16.1. The maximum atomic E-state index is 12.9. The molecule has 0 aromatic heterocycles. The molecule has 2 rings (SSSR count). The Bertz CT molecular complexity index is 1070. The van der Waals surface area contributed by atoms with Gasteiger partial charge in [-0.25, -0.2) is 8.42 Å². The Morgan fingerprint density at radius 2 is 1.87 bits per heavy atom. The summed E-state index contributed by atoms with van der Waals surface area (Å²) in [5, 5.41) is 13.1. The van der Waals surface area contributed by atoms with E-state index in [4.69, 9.17) is 0 Å². The molecule has 12 heteroatoms. The zero-order chi connectivity index (χ0) is 22.5. The maximum absolute atomic E-state index is 12.9. The molecule has 0 unspecified atom stereocenters. The third kappa shape index (κ3) is 5.64. The number of nitrogens with zero attached hydrogens (tertiary/aromatic N) is 2. The minimum absolute atomic E-state index is 0.0595. The number of alkyl halides is 3. The topological polar surface area (TPSA) is 110 Å². The van der Waals surface area contributed by atoms with Crippen LogP contribution in [0, 0.1) is 10.1 Å². The third-order valence-corrected chi connectivity index (χ3v) is 5.60. The van der Waals surface area contributed by atoms with Crippen molar-refractivity contribution in [1.29, 1.82) is 0 Å². The van der Waals surface area contributed by atoms with Crippen LogP contribution in [0.25, 0.3) is 0 Å². The minimum atomic E-state index is -4.74. The molecular weight excluding hydrogens is 427 g/mol. The van der Waals surface area contributed by atoms with E-state index in [2.05, 4.69) is 11.9 Å². The quantitative estimate of drug-likeness (QED) is 0.382. The molecule has 0 aliphatic heterocycles. The summed E-state index contributed by atoms with van der Waals surface area (Å²) in [6.07, 6.45) is -3.57. The van der Waals surface area contributed by atoms with E-state index in [1.165, 1.54) is 24.3 Å². The highest BCUT2D eigenvalue weighted by Gasteiger charge is 2.33. The van der Waals surface area contributed by atoms with Gasteiger partial charge >= 0.3 is 6.18 Å². The Morgan fingerprint density at radius 1 is 1.20 bits per heavy atom. The van der Waals surface area contributed by atoms with Crippen LogP contribution in [-0.4, -0.2) is 36.6 Å². The molecule has 0 saturated heterocycles. The molecule has 0 aliphatic carbocycles. The number of non-ortho nitro benzene ring substituents is 1. The van der Waals surface area contributed by atoms with E-state index < -0.39 is 44.0 Å². The smallest absolute Gasteiger partial charge is 0.325 e. The van der Waals surface area contributed by atoms with Crippen molar-refractivity contribution in [2.75, 3.05) is 18.4 Å². The van der Waals surface area contributed by atoms with Crippen molar-refractivity contribution in [1.82, 2.24) is 4.31 Å². The first-order valence-corrected chi connectivity index (χ1v) is 9.72. The van der Waals surface area contributed by atoms with Gasteiger partial charge in [0.2, 0.25) is 15.9 Å². The van der Waals surface area contributed by atoms with Crippen LogP contribution in [0.1, 0.15) is 5.56 Å². The lowest BCUT2D eigenvalue weighted by Gasteiger charge is -2.21. The van der Waals surface area contributed by atoms with Gasteiger partial charge in [0, 0.05) is 24.4 Å². The molecule has 160 valence electrons. The number of hydrogen-bond acceptors (Lipinski definition) is 5. The molecular formula is C18H16F3N3O5S. The first-order valence-electron chi connectivity index (χ1n) is 8.28. The van der Waals surface area contributed by atoms with Crippen LogP contribution in [-0.2, 0) is 21.0 Å². The Labute approximate surface area is 169 Å². The Hall–Kier alpha value is -3.25. The molecule has 0 spiro atoms. The van der Waals surface area contributed by atoms with E-state index in [1.807, 2.05) is 0 Å². The van der Waals surface area contributed by atoms with Crippen LogP contribution in [0.15, 0.2) is 66.1 Å². The number of nitro groups is 1. The molecule has 0 atom stereocenters. The van der Waals surface area contributed by atoms with Crippen LogP contribution in [0.2, 0.25) is 0 Å². The summed E-state index contributed by atoms with van der Waals surface area (Å²) in [7, 11) is -4.46. The van der Waals surface area contributed by atoms with Gasteiger partial charge in [-0.15, -0.1) is 6.58 Å². The highest BCUT2D eigenvalue weighted by Crippen LogP contribution is 2.31. The number of anilines is 1. The largest absolute Gasteiger partial charge is 0.416 e. The summed E-state index contributed by atoms with van der Waals surface area (Å²) in [5.74, 6) is -0.840. The van der Waals surface area contributed by atoms with Gasteiger partial charge in [-0.3, -0.25) is 14.9 Å². The van der Waals surface area contributed by atoms with Crippen molar-refractivity contribution in [3.8, 4) is 0 Å². The summed E-state index contributed by atoms with van der Waals surface area (Å²) in [6.45, 7) is 2.30. The second-order valence-corrected chi connectivity index (χ2v) is 7.91. The lowest BCUT2D eigenvalue weighted by molar-refractivity contribution is -0.384.